The zero-order chi connectivity index (χ0) is 23.8. The van der Waals surface area contributed by atoms with Gasteiger partial charge in [-0.25, -0.2) is 14.2 Å². The maximum Gasteiger partial charge on any atom is 0.410 e. The van der Waals surface area contributed by atoms with E-state index in [1.165, 1.54) is 6.07 Å². The van der Waals surface area contributed by atoms with Gasteiger partial charge in [0.2, 0.25) is 0 Å². The number of carbonyl (C=O) groups is 1. The molecule has 3 aromatic rings. The first-order valence-electron chi connectivity index (χ1n) is 11.4. The van der Waals surface area contributed by atoms with Gasteiger partial charge in [-0.15, -0.1) is 0 Å². The minimum absolute atomic E-state index is 0.0914. The average molecular weight is 455 g/mol. The molecule has 2 heterocycles. The average Bonchev–Trinajstić information content (AvgIpc) is 3.17. The Balaban J connectivity index is 1.47. The Morgan fingerprint density at radius 2 is 1.79 bits per heavy atom. The van der Waals surface area contributed by atoms with Crippen molar-refractivity contribution in [1.82, 2.24) is 9.88 Å². The summed E-state index contributed by atoms with van der Waals surface area (Å²) in [4.78, 5) is 18.7. The van der Waals surface area contributed by atoms with Crippen LogP contribution in [0.25, 0.3) is 22.2 Å². The van der Waals surface area contributed by atoms with E-state index in [9.17, 15) is 9.18 Å². The van der Waals surface area contributed by atoms with Crippen molar-refractivity contribution in [3.8, 4) is 16.9 Å². The summed E-state index contributed by atoms with van der Waals surface area (Å²) in [6.07, 6.45) is 1.16. The summed E-state index contributed by atoms with van der Waals surface area (Å²) in [5.74, 6) is 0.678. The standard InChI is InChI=1S/C26H31FN2O4/c1-16(2)31-22-8-6-18(14-20(22)27)19-7-9-23-21(15-19)28-24(32-23)17-10-12-29(13-11-17)25(30)33-26(3,4)5/h6-9,14-17H,10-13H2,1-5H3. The molecule has 2 aromatic carbocycles. The summed E-state index contributed by atoms with van der Waals surface area (Å²) in [6.45, 7) is 10.5. The van der Waals surface area contributed by atoms with Crippen molar-refractivity contribution in [3.05, 3.63) is 48.1 Å². The van der Waals surface area contributed by atoms with Crippen LogP contribution < -0.4 is 4.74 Å². The number of hydrogen-bond donors (Lipinski definition) is 0. The lowest BCUT2D eigenvalue weighted by atomic mass is 9.97. The van der Waals surface area contributed by atoms with E-state index < -0.39 is 5.60 Å². The van der Waals surface area contributed by atoms with E-state index in [1.54, 1.807) is 11.0 Å². The van der Waals surface area contributed by atoms with Crippen molar-refractivity contribution in [2.45, 2.75) is 65.1 Å². The lowest BCUT2D eigenvalue weighted by Gasteiger charge is -2.32. The van der Waals surface area contributed by atoms with Crippen molar-refractivity contribution in [3.63, 3.8) is 0 Å². The molecule has 1 aromatic heterocycles. The van der Waals surface area contributed by atoms with Gasteiger partial charge in [0.25, 0.3) is 0 Å². The molecule has 176 valence electrons. The highest BCUT2D eigenvalue weighted by Gasteiger charge is 2.29. The second kappa shape index (κ2) is 9.04. The Bertz CT molecular complexity index is 1140. The Morgan fingerprint density at radius 3 is 2.42 bits per heavy atom. The maximum absolute atomic E-state index is 14.4. The normalized spacial score (nSPS) is 15.3. The third-order valence-electron chi connectivity index (χ3n) is 5.53. The molecular weight excluding hydrogens is 423 g/mol. The molecule has 0 bridgehead atoms. The van der Waals surface area contributed by atoms with Crippen molar-refractivity contribution < 1.29 is 23.1 Å². The van der Waals surface area contributed by atoms with Crippen molar-refractivity contribution >= 4 is 17.2 Å². The molecule has 0 radical (unpaired) electrons. The predicted octanol–water partition coefficient (Wildman–Crippen LogP) is 6.54. The van der Waals surface area contributed by atoms with Crippen LogP contribution in [0, 0.1) is 5.82 Å². The summed E-state index contributed by atoms with van der Waals surface area (Å²) in [6, 6.07) is 10.7. The molecule has 0 saturated carbocycles. The van der Waals surface area contributed by atoms with Crippen molar-refractivity contribution in [2.75, 3.05) is 13.1 Å². The Hall–Kier alpha value is -3.09. The van der Waals surface area contributed by atoms with Crippen LogP contribution in [0.4, 0.5) is 9.18 Å². The van der Waals surface area contributed by atoms with Gasteiger partial charge in [-0.3, -0.25) is 0 Å². The number of hydrogen-bond acceptors (Lipinski definition) is 5. The Kier molecular flexibility index (Phi) is 6.32. The molecular formula is C26H31FN2O4. The first-order chi connectivity index (χ1) is 15.6. The third kappa shape index (κ3) is 5.46. The molecule has 1 saturated heterocycles. The molecule has 0 spiro atoms. The number of likely N-dealkylation sites (tertiary alicyclic amines) is 1. The lowest BCUT2D eigenvalue weighted by Crippen LogP contribution is -2.41. The van der Waals surface area contributed by atoms with Gasteiger partial charge in [0.1, 0.15) is 11.1 Å². The summed E-state index contributed by atoms with van der Waals surface area (Å²) >= 11 is 0. The molecule has 0 N–H and O–H groups in total. The third-order valence-corrected chi connectivity index (χ3v) is 5.53. The number of piperidine rings is 1. The molecule has 1 amide bonds. The number of aromatic nitrogens is 1. The van der Waals surface area contributed by atoms with Gasteiger partial charge in [0.15, 0.2) is 23.0 Å². The van der Waals surface area contributed by atoms with E-state index in [0.29, 0.717) is 24.6 Å². The fourth-order valence-corrected chi connectivity index (χ4v) is 3.96. The number of benzene rings is 2. The van der Waals surface area contributed by atoms with Crippen LogP contribution in [0.5, 0.6) is 5.75 Å². The van der Waals surface area contributed by atoms with Crippen molar-refractivity contribution in [2.24, 2.45) is 0 Å². The van der Waals surface area contributed by atoms with E-state index in [-0.39, 0.29) is 29.7 Å². The summed E-state index contributed by atoms with van der Waals surface area (Å²) in [7, 11) is 0. The second-order valence-electron chi connectivity index (χ2n) is 9.79. The summed E-state index contributed by atoms with van der Waals surface area (Å²) in [5.41, 5.74) is 2.54. The fraction of sp³-hybridized carbons (Fsp3) is 0.462. The van der Waals surface area contributed by atoms with Gasteiger partial charge in [-0.1, -0.05) is 12.1 Å². The smallest absolute Gasteiger partial charge is 0.410 e. The maximum atomic E-state index is 14.4. The van der Waals surface area contributed by atoms with E-state index in [1.807, 2.05) is 58.9 Å². The number of halogens is 1. The molecule has 4 rings (SSSR count). The highest BCUT2D eigenvalue weighted by atomic mass is 19.1. The van der Waals surface area contributed by atoms with Crippen LogP contribution in [0.3, 0.4) is 0 Å². The largest absolute Gasteiger partial charge is 0.488 e. The SMILES string of the molecule is CC(C)Oc1ccc(-c2ccc3oc(C4CCN(C(=O)OC(C)(C)C)CC4)nc3c2)cc1F. The molecule has 1 fully saturated rings. The minimum Gasteiger partial charge on any atom is -0.488 e. The van der Waals surface area contributed by atoms with Gasteiger partial charge in [0, 0.05) is 19.0 Å². The molecule has 1 aliphatic heterocycles. The Labute approximate surface area is 193 Å². The number of fused-ring (bicyclic) bond motifs is 1. The highest BCUT2D eigenvalue weighted by molar-refractivity contribution is 5.80. The van der Waals surface area contributed by atoms with Gasteiger partial charge in [-0.2, -0.15) is 0 Å². The van der Waals surface area contributed by atoms with E-state index in [4.69, 9.17) is 18.9 Å². The quantitative estimate of drug-likeness (QED) is 0.448. The van der Waals surface area contributed by atoms with Crippen molar-refractivity contribution in [1.29, 1.82) is 0 Å². The van der Waals surface area contributed by atoms with E-state index in [0.717, 1.165) is 29.5 Å². The Morgan fingerprint density at radius 1 is 1.12 bits per heavy atom. The van der Waals surface area contributed by atoms with Crippen LogP contribution in [-0.4, -0.2) is 40.8 Å². The fourth-order valence-electron chi connectivity index (χ4n) is 3.96. The van der Waals surface area contributed by atoms with E-state index >= 15 is 0 Å². The lowest BCUT2D eigenvalue weighted by molar-refractivity contribution is 0.0199. The van der Waals surface area contributed by atoms with Gasteiger partial charge >= 0.3 is 6.09 Å². The zero-order valence-electron chi connectivity index (χ0n) is 19.9. The monoisotopic (exact) mass is 454 g/mol. The number of amides is 1. The van der Waals surface area contributed by atoms with Gasteiger partial charge in [-0.05, 0) is 82.9 Å². The number of rotatable bonds is 4. The highest BCUT2D eigenvalue weighted by Crippen LogP contribution is 2.33. The molecule has 6 nitrogen and oxygen atoms in total. The van der Waals surface area contributed by atoms with Gasteiger partial charge in [0.05, 0.1) is 6.10 Å². The first-order valence-corrected chi connectivity index (χ1v) is 11.4. The molecule has 0 unspecified atom stereocenters. The summed E-state index contributed by atoms with van der Waals surface area (Å²) < 4.78 is 31.4. The molecule has 0 atom stereocenters. The number of ether oxygens (including phenoxy) is 2. The number of nitrogens with zero attached hydrogens (tertiary/aromatic N) is 2. The van der Waals surface area contributed by atoms with Crippen LogP contribution in [0.2, 0.25) is 0 Å². The topological polar surface area (TPSA) is 64.8 Å². The predicted molar refractivity (Wildman–Crippen MR) is 125 cm³/mol. The number of oxazole rings is 1. The van der Waals surface area contributed by atoms with Gasteiger partial charge < -0.3 is 18.8 Å². The molecule has 1 aliphatic rings. The zero-order valence-corrected chi connectivity index (χ0v) is 19.9. The summed E-state index contributed by atoms with van der Waals surface area (Å²) in [5, 5.41) is 0. The molecule has 33 heavy (non-hydrogen) atoms. The first kappa shape index (κ1) is 23.1. The molecule has 7 heteroatoms. The van der Waals surface area contributed by atoms with Crippen LogP contribution in [0.1, 0.15) is 59.3 Å². The molecule has 0 aliphatic carbocycles. The second-order valence-corrected chi connectivity index (χ2v) is 9.79. The number of carbonyl (C=O) groups excluding carboxylic acids is 1. The van der Waals surface area contributed by atoms with Crippen LogP contribution in [-0.2, 0) is 4.74 Å². The van der Waals surface area contributed by atoms with E-state index in [2.05, 4.69) is 0 Å². The van der Waals surface area contributed by atoms with Crippen LogP contribution >= 0.6 is 0 Å². The minimum atomic E-state index is -0.503. The van der Waals surface area contributed by atoms with Crippen LogP contribution in [0.15, 0.2) is 40.8 Å².